The van der Waals surface area contributed by atoms with E-state index < -0.39 is 0 Å². The number of halogens is 1. The molecular formula is C17H23ClN2OS. The van der Waals surface area contributed by atoms with E-state index in [0.29, 0.717) is 0 Å². The number of hydrogen-bond donors (Lipinski definition) is 2. The first kappa shape index (κ1) is 18.7. The molecule has 0 fully saturated rings. The highest BCUT2D eigenvalue weighted by Gasteiger charge is 2.24. The second-order valence-electron chi connectivity index (χ2n) is 5.21. The van der Waals surface area contributed by atoms with Crippen molar-refractivity contribution in [1.29, 1.82) is 0 Å². The monoisotopic (exact) mass is 338 g/mol. The number of amides is 1. The normalized spacial score (nSPS) is 14.5. The molecule has 1 aromatic heterocycles. The Balaban J connectivity index is 0.00000242. The molecule has 0 aliphatic heterocycles. The lowest BCUT2D eigenvalue weighted by atomic mass is 9.94. The van der Waals surface area contributed by atoms with Crippen molar-refractivity contribution in [2.75, 3.05) is 0 Å². The van der Waals surface area contributed by atoms with Crippen LogP contribution in [0.5, 0.6) is 0 Å². The summed E-state index contributed by atoms with van der Waals surface area (Å²) in [6.45, 7) is 3.96. The lowest BCUT2D eigenvalue weighted by molar-refractivity contribution is -0.125. The largest absolute Gasteiger partial charge is 0.348 e. The summed E-state index contributed by atoms with van der Waals surface area (Å²) in [7, 11) is 0. The highest BCUT2D eigenvalue weighted by Crippen LogP contribution is 2.24. The van der Waals surface area contributed by atoms with E-state index in [1.54, 1.807) is 11.3 Å². The van der Waals surface area contributed by atoms with Gasteiger partial charge in [-0.15, -0.1) is 23.7 Å². The average Bonchev–Trinajstić information content (AvgIpc) is 3.06. The Morgan fingerprint density at radius 2 is 1.91 bits per heavy atom. The van der Waals surface area contributed by atoms with E-state index >= 15 is 0 Å². The number of nitrogens with one attached hydrogen (secondary N) is 1. The number of carbonyl (C=O) groups is 1. The minimum absolute atomic E-state index is 0. The van der Waals surface area contributed by atoms with E-state index in [0.717, 1.165) is 12.0 Å². The molecule has 2 aromatic rings. The van der Waals surface area contributed by atoms with Crippen LogP contribution >= 0.6 is 23.7 Å². The summed E-state index contributed by atoms with van der Waals surface area (Å²) in [5, 5.41) is 5.14. The molecular weight excluding hydrogens is 316 g/mol. The summed E-state index contributed by atoms with van der Waals surface area (Å²) in [4.78, 5) is 13.6. The van der Waals surface area contributed by atoms with Gasteiger partial charge in [0.05, 0.1) is 12.0 Å². The molecule has 0 aliphatic rings. The maximum absolute atomic E-state index is 12.4. The average molecular weight is 339 g/mol. The highest BCUT2D eigenvalue weighted by molar-refractivity contribution is 7.10. The smallest absolute Gasteiger partial charge is 0.225 e. The van der Waals surface area contributed by atoms with Crippen LogP contribution in [0.1, 0.15) is 42.8 Å². The van der Waals surface area contributed by atoms with E-state index in [1.807, 2.05) is 48.7 Å². The lowest BCUT2D eigenvalue weighted by Gasteiger charge is -2.23. The van der Waals surface area contributed by atoms with Gasteiger partial charge < -0.3 is 11.1 Å². The van der Waals surface area contributed by atoms with Crippen molar-refractivity contribution in [2.45, 2.75) is 32.4 Å². The number of rotatable bonds is 6. The lowest BCUT2D eigenvalue weighted by Crippen LogP contribution is -2.37. The molecule has 1 aromatic carbocycles. The predicted octanol–water partition coefficient (Wildman–Crippen LogP) is 4.07. The quantitative estimate of drug-likeness (QED) is 0.834. The van der Waals surface area contributed by atoms with Crippen molar-refractivity contribution in [1.82, 2.24) is 5.32 Å². The highest BCUT2D eigenvalue weighted by atomic mass is 35.5. The zero-order chi connectivity index (χ0) is 15.2. The molecule has 0 radical (unpaired) electrons. The van der Waals surface area contributed by atoms with Gasteiger partial charge in [0.25, 0.3) is 0 Å². The third kappa shape index (κ3) is 4.57. The second kappa shape index (κ2) is 8.93. The van der Waals surface area contributed by atoms with E-state index in [-0.39, 0.29) is 36.3 Å². The summed E-state index contributed by atoms with van der Waals surface area (Å²) in [5.41, 5.74) is 7.21. The van der Waals surface area contributed by atoms with Gasteiger partial charge in [0.1, 0.15) is 0 Å². The van der Waals surface area contributed by atoms with E-state index in [9.17, 15) is 4.79 Å². The summed E-state index contributed by atoms with van der Waals surface area (Å²) in [6.07, 6.45) is 0.875. The van der Waals surface area contributed by atoms with Gasteiger partial charge in [-0.25, -0.2) is 0 Å². The standard InChI is InChI=1S/C17H22N2OS.ClH/c1-3-14(15-10-7-11-21-15)19-17(20)12(2)16(18)13-8-5-4-6-9-13;/h4-12,14,16H,3,18H2,1-2H3,(H,19,20);1H. The maximum Gasteiger partial charge on any atom is 0.225 e. The summed E-state index contributed by atoms with van der Waals surface area (Å²) < 4.78 is 0. The Morgan fingerprint density at radius 1 is 1.23 bits per heavy atom. The van der Waals surface area contributed by atoms with Crippen molar-refractivity contribution in [3.8, 4) is 0 Å². The van der Waals surface area contributed by atoms with E-state index in [1.165, 1.54) is 4.88 Å². The first-order valence-electron chi connectivity index (χ1n) is 7.27. The van der Waals surface area contributed by atoms with Crippen molar-refractivity contribution in [2.24, 2.45) is 11.7 Å². The zero-order valence-electron chi connectivity index (χ0n) is 12.9. The molecule has 0 bridgehead atoms. The molecule has 22 heavy (non-hydrogen) atoms. The third-order valence-corrected chi connectivity index (χ3v) is 4.73. The Bertz CT molecular complexity index is 559. The van der Waals surface area contributed by atoms with Gasteiger partial charge >= 0.3 is 0 Å². The molecule has 0 aliphatic carbocycles. The first-order valence-corrected chi connectivity index (χ1v) is 8.15. The van der Waals surface area contributed by atoms with E-state index in [2.05, 4.69) is 18.3 Å². The van der Waals surface area contributed by atoms with E-state index in [4.69, 9.17) is 5.73 Å². The molecule has 5 heteroatoms. The number of carbonyl (C=O) groups excluding carboxylic acids is 1. The SMILES string of the molecule is CCC(NC(=O)C(C)C(N)c1ccccc1)c1cccs1.Cl. The fourth-order valence-electron chi connectivity index (χ4n) is 2.29. The van der Waals surface area contributed by atoms with Gasteiger partial charge in [0, 0.05) is 10.9 Å². The summed E-state index contributed by atoms with van der Waals surface area (Å²) in [6, 6.07) is 13.6. The number of benzene rings is 1. The van der Waals surface area contributed by atoms with Gasteiger partial charge in [0.2, 0.25) is 5.91 Å². The Morgan fingerprint density at radius 3 is 2.45 bits per heavy atom. The van der Waals surface area contributed by atoms with Gasteiger partial charge in [-0.1, -0.05) is 50.2 Å². The number of hydrogen-bond acceptors (Lipinski definition) is 3. The Kier molecular flexibility index (Phi) is 7.59. The molecule has 0 spiro atoms. The number of nitrogens with two attached hydrogens (primary N) is 1. The van der Waals surface area contributed by atoms with Crippen LogP contribution in [0.25, 0.3) is 0 Å². The van der Waals surface area contributed by atoms with Gasteiger partial charge in [0.15, 0.2) is 0 Å². The third-order valence-electron chi connectivity index (χ3n) is 3.75. The van der Waals surface area contributed by atoms with Crippen LogP contribution in [0.4, 0.5) is 0 Å². The van der Waals surface area contributed by atoms with Crippen LogP contribution in [0.2, 0.25) is 0 Å². The molecule has 3 atom stereocenters. The fraction of sp³-hybridized carbons (Fsp3) is 0.353. The minimum Gasteiger partial charge on any atom is -0.348 e. The molecule has 0 saturated heterocycles. The van der Waals surface area contributed by atoms with Gasteiger partial charge in [-0.3, -0.25) is 4.79 Å². The van der Waals surface area contributed by atoms with Crippen LogP contribution in [0, 0.1) is 5.92 Å². The number of thiophene rings is 1. The molecule has 0 saturated carbocycles. The second-order valence-corrected chi connectivity index (χ2v) is 6.19. The molecule has 1 heterocycles. The van der Waals surface area contributed by atoms with Gasteiger partial charge in [-0.05, 0) is 23.4 Å². The summed E-state index contributed by atoms with van der Waals surface area (Å²) in [5.74, 6) is -0.256. The maximum atomic E-state index is 12.4. The zero-order valence-corrected chi connectivity index (χ0v) is 14.5. The Labute approximate surface area is 142 Å². The molecule has 1 amide bonds. The van der Waals surface area contributed by atoms with Crippen LogP contribution in [-0.2, 0) is 4.79 Å². The van der Waals surface area contributed by atoms with Crippen LogP contribution < -0.4 is 11.1 Å². The van der Waals surface area contributed by atoms with Gasteiger partial charge in [-0.2, -0.15) is 0 Å². The van der Waals surface area contributed by atoms with Crippen molar-refractivity contribution < 1.29 is 4.79 Å². The fourth-order valence-corrected chi connectivity index (χ4v) is 3.16. The van der Waals surface area contributed by atoms with Crippen LogP contribution in [-0.4, -0.2) is 5.91 Å². The van der Waals surface area contributed by atoms with Crippen molar-refractivity contribution in [3.05, 3.63) is 58.3 Å². The minimum atomic E-state index is -0.285. The molecule has 3 unspecified atom stereocenters. The molecule has 3 nitrogen and oxygen atoms in total. The predicted molar refractivity (Wildman–Crippen MR) is 95.3 cm³/mol. The Hall–Kier alpha value is -1.36. The summed E-state index contributed by atoms with van der Waals surface area (Å²) >= 11 is 1.67. The molecule has 2 rings (SSSR count). The van der Waals surface area contributed by atoms with Crippen LogP contribution in [0.3, 0.4) is 0 Å². The van der Waals surface area contributed by atoms with Crippen LogP contribution in [0.15, 0.2) is 47.8 Å². The molecule has 120 valence electrons. The molecule has 3 N–H and O–H groups in total. The first-order chi connectivity index (χ1) is 10.1. The topological polar surface area (TPSA) is 55.1 Å². The van der Waals surface area contributed by atoms with Crippen molar-refractivity contribution >= 4 is 29.7 Å². The van der Waals surface area contributed by atoms with Crippen molar-refractivity contribution in [3.63, 3.8) is 0 Å².